The molecule has 3 unspecified atom stereocenters. The molecule has 1 spiro atoms. The number of carbonyl (C=O) groups excluding carboxylic acids is 1. The molecule has 3 atom stereocenters. The van der Waals surface area contributed by atoms with Crippen LogP contribution < -0.4 is 0 Å². The van der Waals surface area contributed by atoms with E-state index in [4.69, 9.17) is 14.2 Å². The first-order chi connectivity index (χ1) is 12.7. The molecule has 1 aromatic carbocycles. The summed E-state index contributed by atoms with van der Waals surface area (Å²) in [4.78, 5) is 12.5. The topological polar surface area (TPSA) is 47.8 Å². The molecule has 136 valence electrons. The van der Waals surface area contributed by atoms with Crippen molar-refractivity contribution in [2.45, 2.75) is 43.9 Å². The van der Waals surface area contributed by atoms with Crippen LogP contribution in [0.25, 0.3) is 0 Å². The lowest BCUT2D eigenvalue weighted by atomic mass is 9.82. The highest BCUT2D eigenvalue weighted by Crippen LogP contribution is 2.52. The second-order valence-corrected chi connectivity index (χ2v) is 6.84. The highest BCUT2D eigenvalue weighted by Gasteiger charge is 2.68. The minimum absolute atomic E-state index is 0.0400. The Morgan fingerprint density at radius 3 is 2.69 bits per heavy atom. The zero-order valence-corrected chi connectivity index (χ0v) is 15.4. The summed E-state index contributed by atoms with van der Waals surface area (Å²) in [5.74, 6) is 0.333. The van der Waals surface area contributed by atoms with Gasteiger partial charge in [-0.05, 0) is 12.5 Å². The standard InChI is InChI=1S/C21H24NO4/c1-4-5-11-16-21-13-12-15(26-21)17(20(23)25-3)18(21)19(24-2)22(16)14-9-7-6-8-10-14/h6-10,12-13,15-16H,4-5,11H2,1-3H3/q+1. The first kappa shape index (κ1) is 17.0. The van der Waals surface area contributed by atoms with Crippen molar-refractivity contribution in [2.75, 3.05) is 14.2 Å². The Morgan fingerprint density at radius 2 is 2.04 bits per heavy atom. The van der Waals surface area contributed by atoms with Crippen molar-refractivity contribution in [3.8, 4) is 0 Å². The molecule has 5 nitrogen and oxygen atoms in total. The first-order valence-electron chi connectivity index (χ1n) is 9.13. The SMILES string of the molecule is CCCCC1[N+](c2ccccc2)=C(OC)C2=C(C(=O)OC)C3C=CC21O3. The number of esters is 1. The summed E-state index contributed by atoms with van der Waals surface area (Å²) in [6.45, 7) is 2.18. The molecule has 2 bridgehead atoms. The molecule has 3 aliphatic heterocycles. The molecule has 1 aromatic rings. The average molecular weight is 354 g/mol. The summed E-state index contributed by atoms with van der Waals surface area (Å²) in [6, 6.07) is 10.2. The molecule has 0 saturated heterocycles. The van der Waals surface area contributed by atoms with Gasteiger partial charge in [-0.15, -0.1) is 0 Å². The Labute approximate surface area is 153 Å². The predicted octanol–water partition coefficient (Wildman–Crippen LogP) is 3.12. The molecule has 0 aliphatic carbocycles. The maximum Gasteiger partial charge on any atom is 0.375 e. The zero-order valence-electron chi connectivity index (χ0n) is 15.4. The minimum atomic E-state index is -0.648. The molecule has 0 fully saturated rings. The van der Waals surface area contributed by atoms with E-state index in [9.17, 15) is 4.79 Å². The monoisotopic (exact) mass is 354 g/mol. The van der Waals surface area contributed by atoms with E-state index < -0.39 is 5.60 Å². The number of nitrogens with zero attached hydrogens (tertiary/aromatic N) is 1. The highest BCUT2D eigenvalue weighted by atomic mass is 16.5. The van der Waals surface area contributed by atoms with Gasteiger partial charge in [-0.3, -0.25) is 0 Å². The lowest BCUT2D eigenvalue weighted by Gasteiger charge is -2.24. The van der Waals surface area contributed by atoms with Gasteiger partial charge in [-0.25, -0.2) is 4.79 Å². The van der Waals surface area contributed by atoms with Gasteiger partial charge in [0.15, 0.2) is 11.6 Å². The molecule has 0 N–H and O–H groups in total. The minimum Gasteiger partial charge on any atom is -0.466 e. The third-order valence-electron chi connectivity index (χ3n) is 5.49. The number of rotatable bonds is 5. The largest absolute Gasteiger partial charge is 0.466 e. The summed E-state index contributed by atoms with van der Waals surface area (Å²) < 4.78 is 19.4. The van der Waals surface area contributed by atoms with E-state index in [0.717, 1.165) is 30.5 Å². The number of hydrogen-bond acceptors (Lipinski definition) is 4. The normalized spacial score (nSPS) is 28.7. The lowest BCUT2D eigenvalue weighted by molar-refractivity contribution is -0.501. The molecule has 3 heterocycles. The van der Waals surface area contributed by atoms with Gasteiger partial charge in [0.1, 0.15) is 11.7 Å². The number of methoxy groups -OCH3 is 2. The second kappa shape index (κ2) is 6.40. The van der Waals surface area contributed by atoms with Crippen molar-refractivity contribution in [1.29, 1.82) is 0 Å². The molecule has 0 amide bonds. The van der Waals surface area contributed by atoms with Crippen molar-refractivity contribution in [2.24, 2.45) is 0 Å². The Morgan fingerprint density at radius 1 is 1.27 bits per heavy atom. The lowest BCUT2D eigenvalue weighted by Crippen LogP contribution is -2.41. The molecular weight excluding hydrogens is 330 g/mol. The molecule has 5 heteroatoms. The number of fused-ring (bicyclic) bond motifs is 1. The fourth-order valence-corrected chi connectivity index (χ4v) is 4.42. The predicted molar refractivity (Wildman–Crippen MR) is 97.5 cm³/mol. The maximum atomic E-state index is 12.5. The quantitative estimate of drug-likeness (QED) is 0.463. The van der Waals surface area contributed by atoms with E-state index in [-0.39, 0.29) is 18.1 Å². The van der Waals surface area contributed by atoms with E-state index in [1.54, 1.807) is 7.11 Å². The van der Waals surface area contributed by atoms with Crippen molar-refractivity contribution in [3.05, 3.63) is 53.6 Å². The van der Waals surface area contributed by atoms with Gasteiger partial charge in [-0.2, -0.15) is 4.58 Å². The van der Waals surface area contributed by atoms with Gasteiger partial charge >= 0.3 is 11.9 Å². The van der Waals surface area contributed by atoms with Crippen molar-refractivity contribution < 1.29 is 23.6 Å². The van der Waals surface area contributed by atoms with Crippen molar-refractivity contribution in [1.82, 2.24) is 0 Å². The maximum absolute atomic E-state index is 12.5. The van der Waals surface area contributed by atoms with E-state index in [0.29, 0.717) is 11.5 Å². The molecule has 0 saturated carbocycles. The van der Waals surface area contributed by atoms with Gasteiger partial charge in [0, 0.05) is 18.6 Å². The molecule has 3 aliphatic rings. The summed E-state index contributed by atoms with van der Waals surface area (Å²) in [7, 11) is 3.06. The van der Waals surface area contributed by atoms with Gasteiger partial charge < -0.3 is 14.2 Å². The summed E-state index contributed by atoms with van der Waals surface area (Å²) in [5.41, 5.74) is 1.77. The van der Waals surface area contributed by atoms with E-state index in [2.05, 4.69) is 29.7 Å². The van der Waals surface area contributed by atoms with Gasteiger partial charge in [0.25, 0.3) is 0 Å². The Bertz CT molecular complexity index is 824. The zero-order chi connectivity index (χ0) is 18.3. The number of para-hydroxylation sites is 1. The van der Waals surface area contributed by atoms with Gasteiger partial charge in [-0.1, -0.05) is 37.6 Å². The molecule has 4 rings (SSSR count). The number of hydrogen-bond donors (Lipinski definition) is 0. The molecule has 0 aromatic heterocycles. The van der Waals surface area contributed by atoms with Gasteiger partial charge in [0.05, 0.1) is 19.8 Å². The average Bonchev–Trinajstić information content (AvgIpc) is 3.32. The number of carbonyl (C=O) groups is 1. The van der Waals surface area contributed by atoms with E-state index >= 15 is 0 Å². The van der Waals surface area contributed by atoms with Crippen LogP contribution in [0.5, 0.6) is 0 Å². The van der Waals surface area contributed by atoms with Crippen LogP contribution in [-0.4, -0.2) is 48.4 Å². The van der Waals surface area contributed by atoms with Crippen LogP contribution in [-0.2, 0) is 19.0 Å². The third-order valence-corrected chi connectivity index (χ3v) is 5.49. The van der Waals surface area contributed by atoms with Crippen LogP contribution in [0.3, 0.4) is 0 Å². The third kappa shape index (κ3) is 2.20. The first-order valence-corrected chi connectivity index (χ1v) is 9.13. The smallest absolute Gasteiger partial charge is 0.375 e. The Kier molecular flexibility index (Phi) is 4.19. The van der Waals surface area contributed by atoms with E-state index in [1.165, 1.54) is 7.11 Å². The highest BCUT2D eigenvalue weighted by molar-refractivity contribution is 6.07. The van der Waals surface area contributed by atoms with Crippen LogP contribution in [0.1, 0.15) is 26.2 Å². The molecular formula is C21H24NO4+. The Hall–Kier alpha value is -2.40. The van der Waals surface area contributed by atoms with Gasteiger partial charge in [0.2, 0.25) is 5.69 Å². The van der Waals surface area contributed by atoms with Crippen LogP contribution in [0, 0.1) is 0 Å². The van der Waals surface area contributed by atoms with Crippen LogP contribution in [0.2, 0.25) is 0 Å². The summed E-state index contributed by atoms with van der Waals surface area (Å²) >= 11 is 0. The summed E-state index contributed by atoms with van der Waals surface area (Å²) in [6.07, 6.45) is 6.80. The number of unbranched alkanes of at least 4 members (excludes halogenated alkanes) is 1. The fourth-order valence-electron chi connectivity index (χ4n) is 4.42. The second-order valence-electron chi connectivity index (χ2n) is 6.84. The van der Waals surface area contributed by atoms with Crippen molar-refractivity contribution >= 4 is 17.6 Å². The van der Waals surface area contributed by atoms with E-state index in [1.807, 2.05) is 24.3 Å². The fraction of sp³-hybridized carbons (Fsp3) is 0.429. The number of ether oxygens (including phenoxy) is 3. The number of benzene rings is 1. The summed E-state index contributed by atoms with van der Waals surface area (Å²) in [5, 5.41) is 0. The van der Waals surface area contributed by atoms with Crippen LogP contribution >= 0.6 is 0 Å². The molecule has 26 heavy (non-hydrogen) atoms. The van der Waals surface area contributed by atoms with Crippen LogP contribution in [0.15, 0.2) is 53.6 Å². The van der Waals surface area contributed by atoms with Crippen molar-refractivity contribution in [3.63, 3.8) is 0 Å². The van der Waals surface area contributed by atoms with Crippen LogP contribution in [0.4, 0.5) is 5.69 Å². The Balaban J connectivity index is 1.95. The molecule has 0 radical (unpaired) electrons.